The van der Waals surface area contributed by atoms with Crippen molar-refractivity contribution in [2.75, 3.05) is 39.5 Å². The number of primary amides is 1. The van der Waals surface area contributed by atoms with Crippen LogP contribution in [-0.4, -0.2) is 260 Å². The van der Waals surface area contributed by atoms with E-state index in [9.17, 15) is 67.7 Å². The molecule has 28 N–H and O–H groups in total. The van der Waals surface area contributed by atoms with Crippen LogP contribution < -0.4 is 102 Å². The van der Waals surface area contributed by atoms with Crippen molar-refractivity contribution in [2.45, 2.75) is 341 Å². The summed E-state index contributed by atoms with van der Waals surface area (Å²) < 4.78 is 0. The van der Waals surface area contributed by atoms with Crippen molar-refractivity contribution >= 4 is 112 Å². The number of benzene rings is 1. The van der Waals surface area contributed by atoms with Gasteiger partial charge < -0.3 is 117 Å². The van der Waals surface area contributed by atoms with Crippen molar-refractivity contribution in [1.29, 1.82) is 10.8 Å². The topological polar surface area (TPSA) is 697 Å². The maximum absolute atomic E-state index is 15.2. The van der Waals surface area contributed by atoms with Crippen LogP contribution in [0.4, 0.5) is 0 Å². The number of amidine groups is 1. The SMILES string of the molecule is CCCCCCCCCCCCCCCCC(NC(C)=O)C(=O)NC(Cc1cnc[nH]1)C(=O)NC(C)C(=O)NC(C(=O)NC(Cc1cnc[nH]1)C(=O)NCC(=O)NC(Cc1ccc(O)cc1)C(=O)NC(CCCN=C(C)C)C(=O)NC(CC1=NCNC1)C(=O)NC(CCCCC(=N)N)C(=O)NC(CCCNC(=N)N)C(=O)NC(CC(C)C)C(=O)NC(CC(C)C)C(=O)NC(CO)C(N)=O)C(C)C. The van der Waals surface area contributed by atoms with Gasteiger partial charge in [-0.25, -0.2) is 9.97 Å². The molecule has 0 bridgehead atoms. The molecule has 2 aromatic heterocycles. The van der Waals surface area contributed by atoms with E-state index >= 15 is 14.4 Å². The summed E-state index contributed by atoms with van der Waals surface area (Å²) in [5.41, 5.74) is 19.0. The number of carbonyl (C=O) groups is 15. The van der Waals surface area contributed by atoms with Gasteiger partial charge in [-0.3, -0.25) is 98.0 Å². The summed E-state index contributed by atoms with van der Waals surface area (Å²) in [4.78, 5) is 236. The van der Waals surface area contributed by atoms with Gasteiger partial charge >= 0.3 is 0 Å². The number of phenolic OH excluding ortho intramolecular Hbond substituents is 1. The van der Waals surface area contributed by atoms with Gasteiger partial charge in [-0.05, 0) is 114 Å². The molecule has 764 valence electrons. The van der Waals surface area contributed by atoms with E-state index in [0.717, 1.165) is 25.7 Å². The van der Waals surface area contributed by atoms with Crippen LogP contribution in [0.15, 0.2) is 59.3 Å². The monoisotopic (exact) mass is 1920 g/mol. The minimum Gasteiger partial charge on any atom is -0.508 e. The highest BCUT2D eigenvalue weighted by Crippen LogP contribution is 2.20. The summed E-state index contributed by atoms with van der Waals surface area (Å²) in [5.74, 6) is -14.4. The molecule has 1 aromatic carbocycles. The molecule has 137 heavy (non-hydrogen) atoms. The summed E-state index contributed by atoms with van der Waals surface area (Å²) in [6.45, 7) is 17.6. The highest BCUT2D eigenvalue weighted by Gasteiger charge is 2.39. The number of aliphatic hydroxyl groups excluding tert-OH is 1. The van der Waals surface area contributed by atoms with E-state index in [1.54, 1.807) is 55.4 Å². The summed E-state index contributed by atoms with van der Waals surface area (Å²) in [7, 11) is 0. The van der Waals surface area contributed by atoms with Crippen LogP contribution >= 0.6 is 0 Å². The van der Waals surface area contributed by atoms with E-state index in [0.29, 0.717) is 41.2 Å². The van der Waals surface area contributed by atoms with Crippen LogP contribution in [0.1, 0.15) is 260 Å². The first-order chi connectivity index (χ1) is 65.2. The number of aromatic nitrogens is 4. The van der Waals surface area contributed by atoms with Gasteiger partial charge in [0.05, 0.1) is 38.3 Å². The molecule has 1 aliphatic rings. The Balaban J connectivity index is 1.60. The van der Waals surface area contributed by atoms with Gasteiger partial charge in [0.1, 0.15) is 84.3 Å². The average molecular weight is 1920 g/mol. The zero-order valence-electron chi connectivity index (χ0n) is 81.6. The van der Waals surface area contributed by atoms with Crippen LogP contribution in [0.2, 0.25) is 0 Å². The van der Waals surface area contributed by atoms with Crippen molar-refractivity contribution in [3.05, 3.63) is 66.3 Å². The van der Waals surface area contributed by atoms with E-state index in [4.69, 9.17) is 28.0 Å². The first-order valence-electron chi connectivity index (χ1n) is 48.1. The Labute approximate surface area is 803 Å². The molecule has 3 aromatic rings. The number of H-pyrrole nitrogens is 2. The molecule has 0 aliphatic carbocycles. The molecule has 44 nitrogen and oxygen atoms in total. The Morgan fingerprint density at radius 1 is 0.445 bits per heavy atom. The van der Waals surface area contributed by atoms with Crippen LogP contribution in [0.5, 0.6) is 5.75 Å². The van der Waals surface area contributed by atoms with E-state index in [1.165, 1.54) is 121 Å². The maximum atomic E-state index is 15.2. The number of hydrogen-bond acceptors (Lipinski definition) is 24. The first kappa shape index (κ1) is 117. The predicted molar refractivity (Wildman–Crippen MR) is 518 cm³/mol. The van der Waals surface area contributed by atoms with Crippen LogP contribution in [0, 0.1) is 28.6 Å². The molecule has 44 heteroatoms. The summed E-state index contributed by atoms with van der Waals surface area (Å²) in [5, 5.41) is 78.8. The van der Waals surface area contributed by atoms with Gasteiger partial charge in [-0.15, -0.1) is 0 Å². The molecule has 13 atom stereocenters. The van der Waals surface area contributed by atoms with Crippen LogP contribution in [0.3, 0.4) is 0 Å². The smallest absolute Gasteiger partial charge is 0.243 e. The molecule has 0 saturated carbocycles. The third kappa shape index (κ3) is 48.2. The number of amides is 15. The molecule has 13 unspecified atom stereocenters. The highest BCUT2D eigenvalue weighted by molar-refractivity contribution is 6.02. The number of carbonyl (C=O) groups excluding carboxylic acids is 15. The molecular weight excluding hydrogens is 1770 g/mol. The number of aliphatic hydroxyl groups is 1. The maximum Gasteiger partial charge on any atom is 0.243 e. The van der Waals surface area contributed by atoms with Gasteiger partial charge in [0.2, 0.25) is 88.6 Å². The van der Waals surface area contributed by atoms with E-state index in [-0.39, 0.29) is 140 Å². The molecule has 4 rings (SSSR count). The van der Waals surface area contributed by atoms with Crippen molar-refractivity contribution in [3.63, 3.8) is 0 Å². The second kappa shape index (κ2) is 64.5. The van der Waals surface area contributed by atoms with Gasteiger partial charge in [-0.1, -0.05) is 157 Å². The Morgan fingerprint density at radius 2 is 0.861 bits per heavy atom. The fourth-order valence-electron chi connectivity index (χ4n) is 15.2. The minimum atomic E-state index is -1.55. The van der Waals surface area contributed by atoms with Gasteiger partial charge in [-0.2, -0.15) is 0 Å². The summed E-state index contributed by atoms with van der Waals surface area (Å²) >= 11 is 0. The lowest BCUT2D eigenvalue weighted by molar-refractivity contribution is -0.136. The second-order valence-electron chi connectivity index (χ2n) is 36.5. The molecular formula is C93H155N27O17. The number of nitrogens with one attached hydrogen (secondary N) is 20. The molecule has 15 amide bonds. The number of phenols is 1. The van der Waals surface area contributed by atoms with Gasteiger partial charge in [0, 0.05) is 93.9 Å². The molecule has 1 aliphatic heterocycles. The number of unbranched alkanes of at least 4 members (excludes halogenated alkanes) is 14. The molecule has 0 spiro atoms. The number of aliphatic imine (C=N–C) groups is 2. The third-order valence-electron chi connectivity index (χ3n) is 22.7. The van der Waals surface area contributed by atoms with Gasteiger partial charge in [0.15, 0.2) is 5.96 Å². The Bertz CT molecular complexity index is 4370. The lowest BCUT2D eigenvalue weighted by Gasteiger charge is -2.29. The molecule has 0 radical (unpaired) electrons. The highest BCUT2D eigenvalue weighted by atomic mass is 16.3. The average Bonchev–Trinajstić information content (AvgIpc) is 1.60. The number of aromatic hydroxyl groups is 1. The zero-order valence-corrected chi connectivity index (χ0v) is 81.6. The molecule has 3 heterocycles. The minimum absolute atomic E-state index is 0.00935. The number of nitrogens with zero attached hydrogens (tertiary/aromatic N) is 4. The number of imidazole rings is 2. The van der Waals surface area contributed by atoms with Gasteiger partial charge in [0.25, 0.3) is 0 Å². The lowest BCUT2D eigenvalue weighted by atomic mass is 9.99. The van der Waals surface area contributed by atoms with E-state index in [2.05, 4.69) is 122 Å². The van der Waals surface area contributed by atoms with Crippen LogP contribution in [-0.2, 0) is 91.2 Å². The Morgan fingerprint density at radius 3 is 1.30 bits per heavy atom. The van der Waals surface area contributed by atoms with Crippen molar-refractivity contribution in [2.24, 2.45) is 44.9 Å². The molecule has 0 saturated heterocycles. The van der Waals surface area contributed by atoms with Crippen molar-refractivity contribution < 1.29 is 82.1 Å². The van der Waals surface area contributed by atoms with Crippen molar-refractivity contribution in [3.8, 4) is 5.75 Å². The van der Waals surface area contributed by atoms with Crippen LogP contribution in [0.25, 0.3) is 0 Å². The number of rotatable bonds is 70. The molecule has 0 fully saturated rings. The van der Waals surface area contributed by atoms with E-state index < -0.39 is 192 Å². The van der Waals surface area contributed by atoms with Crippen molar-refractivity contribution in [1.82, 2.24) is 105 Å². The number of aromatic amines is 2. The predicted octanol–water partition coefficient (Wildman–Crippen LogP) is 0.834. The fraction of sp³-hybridized carbons (Fsp3) is 0.667. The Hall–Kier alpha value is -12.5. The number of guanidine groups is 1. The lowest BCUT2D eigenvalue weighted by Crippen LogP contribution is -2.61. The van der Waals surface area contributed by atoms with E-state index in [1.807, 2.05) is 0 Å². The standard InChI is InChI=1S/C93H155N27O17/c1-12-13-14-15-16-17-18-19-20-21-22-23-24-25-30-66(109-60(11)122)83(128)116-74(45-63-48-100-53-106-63)87(132)108-59(10)81(126)120-79(57(6)7)92(137)118-73(44-62-47-99-52-105-62)82(127)104-50-78(124)110-72(43-61-35-37-65(123)38-36-61)90(135)113-69(32-28-39-102-58(8)9)86(131)117-75(46-64-49-101-54-107-64)91(136)112-67(31-26-27-34-77(94)95)84(129)111-68(33-29-40-103-93(97)98)85(130)114-70(41-55(2)3)88(133)115-71(42-56(4)5)89(134)119-76(51-121)80(96)125/h35-38,47-48,52-53,55-57,59,66-76,79,101,121,123H,12-34,39-46,49-51,54H2,1-11H3,(H3,94,95)(H2,96,125)(H,99,105)(H,100,106)(H,104,127)(H,108,132)(H,109,122)(H,110,124)(H,111,129)(H,112,136)(H,113,135)(H,114,130)(H,115,133)(H,116,128)(H,117,131)(H,118,137)(H,119,134)(H,120,126)(H4,97,98,103). The third-order valence-corrected chi connectivity index (χ3v) is 22.7. The number of hydrogen-bond donors (Lipinski definition) is 25. The Kier molecular flexibility index (Phi) is 55.0. The zero-order chi connectivity index (χ0) is 101. The summed E-state index contributed by atoms with van der Waals surface area (Å²) in [6.07, 6.45) is 21.4. The largest absolute Gasteiger partial charge is 0.508 e. The second-order valence-corrected chi connectivity index (χ2v) is 36.5. The number of nitrogens with two attached hydrogens (primary N) is 3. The quantitative estimate of drug-likeness (QED) is 0.0211. The summed E-state index contributed by atoms with van der Waals surface area (Å²) in [6, 6.07) is -12.4. The normalized spacial score (nSPS) is 14.6. The fourth-order valence-corrected chi connectivity index (χ4v) is 15.2. The first-order valence-corrected chi connectivity index (χ1v) is 48.1.